The van der Waals surface area contributed by atoms with Crippen molar-refractivity contribution in [2.45, 2.75) is 37.9 Å². The molecule has 0 saturated heterocycles. The lowest BCUT2D eigenvalue weighted by Crippen LogP contribution is -2.29. The van der Waals surface area contributed by atoms with E-state index in [0.717, 1.165) is 31.4 Å². The van der Waals surface area contributed by atoms with Crippen LogP contribution in [0.15, 0.2) is 24.3 Å². The molecular formula is C14H17NO2. The van der Waals surface area contributed by atoms with Crippen LogP contribution in [0.1, 0.15) is 31.2 Å². The number of methoxy groups -OCH3 is 1. The van der Waals surface area contributed by atoms with E-state index in [1.165, 1.54) is 0 Å². The highest BCUT2D eigenvalue weighted by Crippen LogP contribution is 2.25. The van der Waals surface area contributed by atoms with Gasteiger partial charge < -0.3 is 9.47 Å². The maximum atomic E-state index is 8.82. The van der Waals surface area contributed by atoms with Gasteiger partial charge in [0, 0.05) is 13.5 Å². The molecular weight excluding hydrogens is 214 g/mol. The summed E-state index contributed by atoms with van der Waals surface area (Å²) in [7, 11) is 1.75. The Labute approximate surface area is 102 Å². The van der Waals surface area contributed by atoms with Crippen LogP contribution in [-0.4, -0.2) is 19.3 Å². The number of nitriles is 1. The van der Waals surface area contributed by atoms with Gasteiger partial charge in [-0.05, 0) is 37.5 Å². The summed E-state index contributed by atoms with van der Waals surface area (Å²) < 4.78 is 11.3. The van der Waals surface area contributed by atoms with Crippen molar-refractivity contribution >= 4 is 0 Å². The third-order valence-electron chi connectivity index (χ3n) is 3.18. The van der Waals surface area contributed by atoms with Crippen molar-refractivity contribution in [3.05, 3.63) is 29.8 Å². The predicted molar refractivity (Wildman–Crippen MR) is 64.8 cm³/mol. The van der Waals surface area contributed by atoms with Gasteiger partial charge in [0.25, 0.3) is 0 Å². The number of ether oxygens (including phenoxy) is 2. The van der Waals surface area contributed by atoms with Crippen molar-refractivity contribution in [1.82, 2.24) is 0 Å². The summed E-state index contributed by atoms with van der Waals surface area (Å²) in [4.78, 5) is 0. The SMILES string of the molecule is COC1CCCC(Oc2cccc(C#N)c2)C1. The summed E-state index contributed by atoms with van der Waals surface area (Å²) in [5.74, 6) is 0.783. The summed E-state index contributed by atoms with van der Waals surface area (Å²) in [5, 5.41) is 8.82. The lowest BCUT2D eigenvalue weighted by Gasteiger charge is -2.28. The Morgan fingerprint density at radius 3 is 2.88 bits per heavy atom. The first-order valence-corrected chi connectivity index (χ1v) is 6.01. The molecule has 1 aromatic rings. The van der Waals surface area contributed by atoms with Crippen LogP contribution in [0.3, 0.4) is 0 Å². The van der Waals surface area contributed by atoms with Crippen molar-refractivity contribution in [2.75, 3.05) is 7.11 Å². The molecule has 1 saturated carbocycles. The first kappa shape index (κ1) is 11.9. The fourth-order valence-corrected chi connectivity index (χ4v) is 2.25. The minimum Gasteiger partial charge on any atom is -0.490 e. The number of nitrogens with zero attached hydrogens (tertiary/aromatic N) is 1. The zero-order chi connectivity index (χ0) is 12.1. The highest BCUT2D eigenvalue weighted by atomic mass is 16.5. The van der Waals surface area contributed by atoms with Crippen molar-refractivity contribution < 1.29 is 9.47 Å². The quantitative estimate of drug-likeness (QED) is 0.803. The molecule has 0 heterocycles. The summed E-state index contributed by atoms with van der Waals surface area (Å²) in [5.41, 5.74) is 0.640. The van der Waals surface area contributed by atoms with E-state index in [1.54, 1.807) is 19.2 Å². The van der Waals surface area contributed by atoms with Gasteiger partial charge in [-0.1, -0.05) is 6.07 Å². The van der Waals surface area contributed by atoms with Gasteiger partial charge in [0.05, 0.1) is 17.7 Å². The smallest absolute Gasteiger partial charge is 0.121 e. The molecule has 1 fully saturated rings. The van der Waals surface area contributed by atoms with Gasteiger partial charge in [-0.25, -0.2) is 0 Å². The molecule has 0 aliphatic heterocycles. The van der Waals surface area contributed by atoms with Crippen LogP contribution in [0, 0.1) is 11.3 Å². The van der Waals surface area contributed by atoms with Gasteiger partial charge in [0.2, 0.25) is 0 Å². The van der Waals surface area contributed by atoms with E-state index in [4.69, 9.17) is 14.7 Å². The van der Waals surface area contributed by atoms with Crippen LogP contribution in [0.4, 0.5) is 0 Å². The molecule has 2 unspecified atom stereocenters. The summed E-state index contributed by atoms with van der Waals surface area (Å²) in [6.45, 7) is 0. The molecule has 0 amide bonds. The molecule has 90 valence electrons. The van der Waals surface area contributed by atoms with E-state index in [2.05, 4.69) is 6.07 Å². The van der Waals surface area contributed by atoms with Crippen LogP contribution in [0.25, 0.3) is 0 Å². The third-order valence-corrected chi connectivity index (χ3v) is 3.18. The summed E-state index contributed by atoms with van der Waals surface area (Å²) in [6.07, 6.45) is 4.79. The van der Waals surface area contributed by atoms with Gasteiger partial charge in [-0.3, -0.25) is 0 Å². The normalized spacial score (nSPS) is 24.0. The standard InChI is InChI=1S/C14H17NO2/c1-16-12-5-3-7-14(9-12)17-13-6-2-4-11(8-13)10-15/h2,4,6,8,12,14H,3,5,7,9H2,1H3. The third kappa shape index (κ3) is 3.21. The van der Waals surface area contributed by atoms with Crippen LogP contribution in [-0.2, 0) is 4.74 Å². The molecule has 2 atom stereocenters. The predicted octanol–water partition coefficient (Wildman–Crippen LogP) is 2.89. The Hall–Kier alpha value is -1.53. The Morgan fingerprint density at radius 1 is 1.29 bits per heavy atom. The maximum absolute atomic E-state index is 8.82. The van der Waals surface area contributed by atoms with Crippen LogP contribution >= 0.6 is 0 Å². The zero-order valence-electron chi connectivity index (χ0n) is 10.1. The second-order valence-electron chi connectivity index (χ2n) is 4.40. The summed E-state index contributed by atoms with van der Waals surface area (Å²) >= 11 is 0. The van der Waals surface area contributed by atoms with Crippen molar-refractivity contribution in [1.29, 1.82) is 5.26 Å². The van der Waals surface area contributed by atoms with Crippen LogP contribution in [0.5, 0.6) is 5.75 Å². The van der Waals surface area contributed by atoms with Gasteiger partial charge >= 0.3 is 0 Å². The Kier molecular flexibility index (Phi) is 4.00. The highest BCUT2D eigenvalue weighted by Gasteiger charge is 2.22. The van der Waals surface area contributed by atoms with Gasteiger partial charge in [-0.2, -0.15) is 5.26 Å². The monoisotopic (exact) mass is 231 g/mol. The lowest BCUT2D eigenvalue weighted by atomic mass is 9.95. The van der Waals surface area contributed by atoms with Crippen molar-refractivity contribution in [3.63, 3.8) is 0 Å². The molecule has 1 aromatic carbocycles. The average molecular weight is 231 g/mol. The fraction of sp³-hybridized carbons (Fsp3) is 0.500. The topological polar surface area (TPSA) is 42.2 Å². The van der Waals surface area contributed by atoms with Crippen molar-refractivity contribution in [2.24, 2.45) is 0 Å². The second-order valence-corrected chi connectivity index (χ2v) is 4.40. The first-order chi connectivity index (χ1) is 8.31. The molecule has 17 heavy (non-hydrogen) atoms. The van der Waals surface area contributed by atoms with Gasteiger partial charge in [-0.15, -0.1) is 0 Å². The molecule has 3 heteroatoms. The Balaban J connectivity index is 1.98. The molecule has 3 nitrogen and oxygen atoms in total. The zero-order valence-corrected chi connectivity index (χ0v) is 10.1. The summed E-state index contributed by atoms with van der Waals surface area (Å²) in [6, 6.07) is 9.44. The van der Waals surface area contributed by atoms with Crippen molar-refractivity contribution in [3.8, 4) is 11.8 Å². The fourth-order valence-electron chi connectivity index (χ4n) is 2.25. The number of benzene rings is 1. The van der Waals surface area contributed by atoms with E-state index < -0.39 is 0 Å². The molecule has 2 rings (SSSR count). The molecule has 0 radical (unpaired) electrons. The molecule has 1 aliphatic carbocycles. The number of hydrogen-bond acceptors (Lipinski definition) is 3. The average Bonchev–Trinajstić information content (AvgIpc) is 2.39. The van der Waals surface area contributed by atoms with E-state index in [0.29, 0.717) is 11.7 Å². The molecule has 0 bridgehead atoms. The van der Waals surface area contributed by atoms with Crippen LogP contribution < -0.4 is 4.74 Å². The van der Waals surface area contributed by atoms with E-state index in [1.807, 2.05) is 12.1 Å². The maximum Gasteiger partial charge on any atom is 0.121 e. The van der Waals surface area contributed by atoms with E-state index in [9.17, 15) is 0 Å². The number of rotatable bonds is 3. The minimum absolute atomic E-state index is 0.211. The molecule has 0 aromatic heterocycles. The largest absolute Gasteiger partial charge is 0.490 e. The molecule has 0 spiro atoms. The first-order valence-electron chi connectivity index (χ1n) is 6.01. The Bertz CT molecular complexity index is 411. The van der Waals surface area contributed by atoms with Gasteiger partial charge in [0.15, 0.2) is 0 Å². The lowest BCUT2D eigenvalue weighted by molar-refractivity contribution is 0.0209. The van der Waals surface area contributed by atoms with E-state index >= 15 is 0 Å². The Morgan fingerprint density at radius 2 is 2.12 bits per heavy atom. The van der Waals surface area contributed by atoms with Gasteiger partial charge in [0.1, 0.15) is 11.9 Å². The number of hydrogen-bond donors (Lipinski definition) is 0. The molecule has 1 aliphatic rings. The van der Waals surface area contributed by atoms with Crippen LogP contribution in [0.2, 0.25) is 0 Å². The van der Waals surface area contributed by atoms with E-state index in [-0.39, 0.29) is 6.10 Å². The molecule has 0 N–H and O–H groups in total. The minimum atomic E-state index is 0.211. The highest BCUT2D eigenvalue weighted by molar-refractivity contribution is 5.36. The second kappa shape index (κ2) is 5.70.